The van der Waals surface area contributed by atoms with Gasteiger partial charge in [0, 0.05) is 27.8 Å². The molecule has 0 saturated heterocycles. The summed E-state index contributed by atoms with van der Waals surface area (Å²) in [6, 6.07) is 37.7. The molecule has 0 atom stereocenters. The Morgan fingerprint density at radius 3 is 0.929 bits per heavy atom. The molecule has 0 radical (unpaired) electrons. The summed E-state index contributed by atoms with van der Waals surface area (Å²) in [4.78, 5) is 65.1. The number of carbonyl (C=O) groups excluding carboxylic acids is 6. The first kappa shape index (κ1) is 47.3. The van der Waals surface area contributed by atoms with E-state index in [4.69, 9.17) is 14.2 Å². The second-order valence-electron chi connectivity index (χ2n) is 11.9. The van der Waals surface area contributed by atoms with Gasteiger partial charge in [0.25, 0.3) is 0 Å². The van der Waals surface area contributed by atoms with E-state index in [9.17, 15) is 28.8 Å². The van der Waals surface area contributed by atoms with Crippen molar-refractivity contribution in [1.82, 2.24) is 0 Å². The molecule has 0 aliphatic heterocycles. The van der Waals surface area contributed by atoms with E-state index >= 15 is 0 Å². The Kier molecular flexibility index (Phi) is 22.0. The summed E-state index contributed by atoms with van der Waals surface area (Å²) < 4.78 is 14.9. The highest BCUT2D eigenvalue weighted by atomic mass is 16.5. The molecule has 9 heteroatoms. The molecule has 0 unspecified atom stereocenters. The normalized spacial score (nSPS) is 9.52. The van der Waals surface area contributed by atoms with Crippen molar-refractivity contribution in [2.75, 3.05) is 21.3 Å². The van der Waals surface area contributed by atoms with Crippen molar-refractivity contribution in [2.24, 2.45) is 0 Å². The predicted octanol–water partition coefficient (Wildman–Crippen LogP) is 10.1. The lowest BCUT2D eigenvalue weighted by Crippen LogP contribution is -2.02. The molecule has 56 heavy (non-hydrogen) atoms. The lowest BCUT2D eigenvalue weighted by Gasteiger charge is -2.00. The Labute approximate surface area is 330 Å². The number of benzene rings is 5. The zero-order chi connectivity index (χ0) is 42.0. The number of hydrogen-bond donors (Lipinski definition) is 0. The molecule has 0 N–H and O–H groups in total. The fourth-order valence-corrected chi connectivity index (χ4v) is 4.35. The molecule has 0 saturated carbocycles. The van der Waals surface area contributed by atoms with Crippen molar-refractivity contribution in [1.29, 1.82) is 0 Å². The second-order valence-corrected chi connectivity index (χ2v) is 11.9. The van der Waals surface area contributed by atoms with E-state index in [1.165, 1.54) is 27.7 Å². The summed E-state index contributed by atoms with van der Waals surface area (Å²) >= 11 is 0. The average Bonchev–Trinajstić information content (AvgIpc) is 3.21. The summed E-state index contributed by atoms with van der Waals surface area (Å²) in [6.45, 7) is 9.01. The highest BCUT2D eigenvalue weighted by Gasteiger charge is 2.08. The van der Waals surface area contributed by atoms with Crippen LogP contribution in [0.3, 0.4) is 0 Å². The van der Waals surface area contributed by atoms with E-state index in [2.05, 4.69) is 0 Å². The van der Waals surface area contributed by atoms with Gasteiger partial charge in [-0.05, 0) is 102 Å². The van der Waals surface area contributed by atoms with Gasteiger partial charge in [0.1, 0.15) is 17.2 Å². The maximum atomic E-state index is 11.0. The standard InChI is InChI=1S/2C10H10O2.C10H10O.C9H10O2.C8H10O2/c1-7(11)9-3-5-10(6-4-9)8(2)12;1-7(11)9-5-3-4-6-10(9)8(2)12;1-9(11)7-8-10-5-3-2-4-6-10;1-7(10)8-3-5-9(11-2)6-4-8;1-9-7-3-5-8(10-2)6-4-7/h2*3-6H,1-2H3;2-8H,1H3;3-6H,1-2H3;3-6H,1-2H3/b;;8-7+;;. The number of ether oxygens (including phenoxy) is 3. The van der Waals surface area contributed by atoms with Gasteiger partial charge in [0.05, 0.1) is 21.3 Å². The van der Waals surface area contributed by atoms with Crippen LogP contribution in [0.1, 0.15) is 98.9 Å². The van der Waals surface area contributed by atoms with E-state index in [1.807, 2.05) is 60.7 Å². The van der Waals surface area contributed by atoms with Crippen LogP contribution >= 0.6 is 0 Å². The first-order valence-corrected chi connectivity index (χ1v) is 17.4. The topological polar surface area (TPSA) is 130 Å². The minimum Gasteiger partial charge on any atom is -0.497 e. The SMILES string of the molecule is CC(=O)/C=C/c1ccccc1.CC(=O)c1ccc(C(C)=O)cc1.CC(=O)c1ccccc1C(C)=O.COc1ccc(C(C)=O)cc1.COc1ccc(OC)cc1. The number of rotatable bonds is 10. The summed E-state index contributed by atoms with van der Waals surface area (Å²) in [5, 5.41) is 0. The predicted molar refractivity (Wildman–Crippen MR) is 222 cm³/mol. The van der Waals surface area contributed by atoms with Crippen molar-refractivity contribution in [2.45, 2.75) is 41.5 Å². The number of hydrogen-bond acceptors (Lipinski definition) is 9. The lowest BCUT2D eigenvalue weighted by atomic mass is 10.0. The third-order valence-corrected chi connectivity index (χ3v) is 7.49. The van der Waals surface area contributed by atoms with Crippen molar-refractivity contribution < 1.29 is 43.0 Å². The molecule has 0 amide bonds. The van der Waals surface area contributed by atoms with E-state index in [0.717, 1.165) is 22.8 Å². The van der Waals surface area contributed by atoms with Crippen molar-refractivity contribution in [3.05, 3.63) is 167 Å². The van der Waals surface area contributed by atoms with Gasteiger partial charge >= 0.3 is 0 Å². The largest absolute Gasteiger partial charge is 0.497 e. The fraction of sp³-hybridized carbons (Fsp3) is 0.191. The van der Waals surface area contributed by atoms with Crippen molar-refractivity contribution in [3.8, 4) is 17.2 Å². The molecule has 0 heterocycles. The molecule has 5 aromatic carbocycles. The van der Waals surface area contributed by atoms with Crippen LogP contribution in [-0.2, 0) is 4.79 Å². The van der Waals surface area contributed by atoms with E-state index < -0.39 is 0 Å². The Morgan fingerprint density at radius 1 is 0.375 bits per heavy atom. The quantitative estimate of drug-likeness (QED) is 0.101. The third-order valence-electron chi connectivity index (χ3n) is 7.49. The van der Waals surface area contributed by atoms with Gasteiger partial charge in [0.2, 0.25) is 0 Å². The van der Waals surface area contributed by atoms with Crippen LogP contribution < -0.4 is 14.2 Å². The molecule has 0 aliphatic carbocycles. The highest BCUT2D eigenvalue weighted by molar-refractivity contribution is 6.07. The maximum absolute atomic E-state index is 11.0. The average molecular weight is 759 g/mol. The fourth-order valence-electron chi connectivity index (χ4n) is 4.35. The van der Waals surface area contributed by atoms with Crippen LogP contribution in [0.15, 0.2) is 133 Å². The summed E-state index contributed by atoms with van der Waals surface area (Å²) in [5.74, 6) is 2.52. The Morgan fingerprint density at radius 2 is 0.661 bits per heavy atom. The summed E-state index contributed by atoms with van der Waals surface area (Å²) in [6.07, 6.45) is 3.37. The molecule has 292 valence electrons. The maximum Gasteiger partial charge on any atom is 0.160 e. The van der Waals surface area contributed by atoms with Gasteiger partial charge in [-0.15, -0.1) is 0 Å². The van der Waals surface area contributed by atoms with Crippen LogP contribution in [0.4, 0.5) is 0 Å². The first-order valence-electron chi connectivity index (χ1n) is 17.4. The molecular formula is C47H50O9. The summed E-state index contributed by atoms with van der Waals surface area (Å²) in [7, 11) is 4.88. The monoisotopic (exact) mass is 758 g/mol. The van der Waals surface area contributed by atoms with Gasteiger partial charge < -0.3 is 14.2 Å². The Hall–Kier alpha value is -6.74. The van der Waals surface area contributed by atoms with Gasteiger partial charge in [-0.25, -0.2) is 0 Å². The van der Waals surface area contributed by atoms with E-state index in [1.54, 1.807) is 114 Å². The molecular weight excluding hydrogens is 709 g/mol. The number of allylic oxidation sites excluding steroid dienone is 1. The molecule has 0 bridgehead atoms. The Balaban J connectivity index is 0.000000350. The van der Waals surface area contributed by atoms with E-state index in [-0.39, 0.29) is 34.7 Å². The molecule has 0 aliphatic rings. The number of Topliss-reactive ketones (excluding diaryl/α,β-unsaturated/α-hetero) is 5. The smallest absolute Gasteiger partial charge is 0.160 e. The second kappa shape index (κ2) is 26.1. The van der Waals surface area contributed by atoms with Gasteiger partial charge in [-0.3, -0.25) is 28.8 Å². The molecule has 0 fully saturated rings. The lowest BCUT2D eigenvalue weighted by molar-refractivity contribution is -0.112. The van der Waals surface area contributed by atoms with Crippen LogP contribution in [0.25, 0.3) is 6.08 Å². The minimum atomic E-state index is -0.0687. The molecule has 5 aromatic rings. The van der Waals surface area contributed by atoms with Gasteiger partial charge in [0.15, 0.2) is 34.7 Å². The van der Waals surface area contributed by atoms with Crippen molar-refractivity contribution >= 4 is 40.8 Å². The molecule has 9 nitrogen and oxygen atoms in total. The number of ketones is 6. The third kappa shape index (κ3) is 18.8. The van der Waals surface area contributed by atoms with Crippen LogP contribution in [0.5, 0.6) is 17.2 Å². The van der Waals surface area contributed by atoms with Gasteiger partial charge in [-0.1, -0.05) is 84.9 Å². The van der Waals surface area contributed by atoms with Crippen LogP contribution in [0, 0.1) is 0 Å². The zero-order valence-electron chi connectivity index (χ0n) is 33.5. The van der Waals surface area contributed by atoms with Crippen LogP contribution in [-0.4, -0.2) is 56.0 Å². The van der Waals surface area contributed by atoms with Gasteiger partial charge in [-0.2, -0.15) is 0 Å². The van der Waals surface area contributed by atoms with Crippen LogP contribution in [0.2, 0.25) is 0 Å². The highest BCUT2D eigenvalue weighted by Crippen LogP contribution is 2.16. The van der Waals surface area contributed by atoms with Crippen molar-refractivity contribution in [3.63, 3.8) is 0 Å². The summed E-state index contributed by atoms with van der Waals surface area (Å²) in [5.41, 5.74) is 4.06. The number of carbonyl (C=O) groups is 6. The minimum absolute atomic E-state index is 0.0186. The zero-order valence-corrected chi connectivity index (χ0v) is 33.5. The number of methoxy groups -OCH3 is 3. The van der Waals surface area contributed by atoms with E-state index in [0.29, 0.717) is 27.8 Å². The molecule has 0 spiro atoms. The first-order chi connectivity index (χ1) is 26.6. The Bertz CT molecular complexity index is 1940. The molecule has 5 rings (SSSR count). The molecule has 0 aromatic heterocycles.